The lowest BCUT2D eigenvalue weighted by molar-refractivity contribution is -0.122. The van der Waals surface area contributed by atoms with Crippen molar-refractivity contribution < 1.29 is 4.79 Å². The third kappa shape index (κ3) is 4.60. The maximum atomic E-state index is 12.2. The monoisotopic (exact) mass is 414 g/mol. The zero-order valence-corrected chi connectivity index (χ0v) is 17.8. The van der Waals surface area contributed by atoms with Crippen molar-refractivity contribution in [3.8, 4) is 5.69 Å². The lowest BCUT2D eigenvalue weighted by atomic mass is 10.1. The van der Waals surface area contributed by atoms with Crippen molar-refractivity contribution >= 4 is 24.4 Å². The van der Waals surface area contributed by atoms with Gasteiger partial charge in [-0.05, 0) is 25.5 Å². The highest BCUT2D eigenvalue weighted by Crippen LogP contribution is 2.24. The normalized spacial score (nSPS) is 22.8. The molecule has 2 aromatic rings. The van der Waals surface area contributed by atoms with Crippen LogP contribution in [0.15, 0.2) is 36.4 Å². The minimum absolute atomic E-state index is 0.0833. The van der Waals surface area contributed by atoms with E-state index in [2.05, 4.69) is 51.3 Å². The van der Waals surface area contributed by atoms with Gasteiger partial charge in [0.1, 0.15) is 5.82 Å². The number of piperazine rings is 1. The fourth-order valence-corrected chi connectivity index (χ4v) is 4.40. The van der Waals surface area contributed by atoms with Gasteiger partial charge in [-0.25, -0.2) is 4.68 Å². The van der Waals surface area contributed by atoms with Gasteiger partial charge in [-0.2, -0.15) is 17.7 Å². The van der Waals surface area contributed by atoms with E-state index in [4.69, 9.17) is 5.10 Å². The minimum Gasteiger partial charge on any atom is -0.354 e. The second-order valence-electron chi connectivity index (χ2n) is 7.78. The van der Waals surface area contributed by atoms with Gasteiger partial charge in [0, 0.05) is 57.1 Å². The number of benzene rings is 1. The molecular weight excluding hydrogens is 384 g/mol. The number of carbonyl (C=O) groups excluding carboxylic acids is 1. The maximum absolute atomic E-state index is 12.2. The summed E-state index contributed by atoms with van der Waals surface area (Å²) in [5.74, 6) is 1.92. The summed E-state index contributed by atoms with van der Waals surface area (Å²) in [6.45, 7) is 7.46. The first-order chi connectivity index (χ1) is 14.2. The molecule has 2 saturated heterocycles. The summed E-state index contributed by atoms with van der Waals surface area (Å²) >= 11 is 4.15. The summed E-state index contributed by atoms with van der Waals surface area (Å²) in [7, 11) is 0. The first-order valence-electron chi connectivity index (χ1n) is 10.4. The Morgan fingerprint density at radius 2 is 2.00 bits per heavy atom. The number of nitrogens with zero attached hydrogens (tertiary/aromatic N) is 4. The van der Waals surface area contributed by atoms with Gasteiger partial charge in [0.2, 0.25) is 5.91 Å². The number of hydrogen-bond donors (Lipinski definition) is 3. The zero-order chi connectivity index (χ0) is 20.2. The molecule has 0 aliphatic carbocycles. The average Bonchev–Trinajstić information content (AvgIpc) is 3.40. The number of carbonyl (C=O) groups is 1. The number of thiol groups is 1. The molecule has 2 atom stereocenters. The van der Waals surface area contributed by atoms with Gasteiger partial charge < -0.3 is 15.5 Å². The summed E-state index contributed by atoms with van der Waals surface area (Å²) < 4.78 is 2.05. The molecule has 0 unspecified atom stereocenters. The SMILES string of the molecule is Cc1cc(N2CCN([C@@H]3CN[C@H](C(=O)NCCS)C3)CC2)n(-c2ccccc2)n1. The van der Waals surface area contributed by atoms with Gasteiger partial charge in [0.15, 0.2) is 0 Å². The Morgan fingerprint density at radius 3 is 2.72 bits per heavy atom. The molecule has 2 N–H and O–H groups in total. The van der Waals surface area contributed by atoms with Gasteiger partial charge in [0.25, 0.3) is 0 Å². The number of hydrogen-bond acceptors (Lipinski definition) is 6. The quantitative estimate of drug-likeness (QED) is 0.618. The van der Waals surface area contributed by atoms with Crippen molar-refractivity contribution in [1.82, 2.24) is 25.3 Å². The summed E-state index contributed by atoms with van der Waals surface area (Å²) in [5.41, 5.74) is 2.12. The third-order valence-electron chi connectivity index (χ3n) is 5.80. The predicted molar refractivity (Wildman–Crippen MR) is 119 cm³/mol. The van der Waals surface area contributed by atoms with Crippen LogP contribution in [0.3, 0.4) is 0 Å². The zero-order valence-electron chi connectivity index (χ0n) is 16.9. The van der Waals surface area contributed by atoms with Crippen molar-refractivity contribution in [2.45, 2.75) is 25.4 Å². The number of amides is 1. The lowest BCUT2D eigenvalue weighted by Gasteiger charge is -2.38. The summed E-state index contributed by atoms with van der Waals surface area (Å²) in [4.78, 5) is 17.1. The number of rotatable bonds is 6. The Kier molecular flexibility index (Phi) is 6.42. The summed E-state index contributed by atoms with van der Waals surface area (Å²) in [6, 6.07) is 12.8. The van der Waals surface area contributed by atoms with Crippen molar-refractivity contribution in [2.75, 3.05) is 49.9 Å². The van der Waals surface area contributed by atoms with E-state index in [1.165, 1.54) is 0 Å². The second kappa shape index (κ2) is 9.19. The molecule has 2 fully saturated rings. The van der Waals surface area contributed by atoms with E-state index in [9.17, 15) is 4.79 Å². The molecule has 4 rings (SSSR count). The molecule has 8 heteroatoms. The first-order valence-corrected chi connectivity index (χ1v) is 11.0. The molecule has 0 radical (unpaired) electrons. The molecule has 1 aromatic heterocycles. The number of nitrogens with one attached hydrogen (secondary N) is 2. The Labute approximate surface area is 177 Å². The van der Waals surface area contributed by atoms with Crippen LogP contribution >= 0.6 is 12.6 Å². The van der Waals surface area contributed by atoms with E-state index < -0.39 is 0 Å². The van der Waals surface area contributed by atoms with Gasteiger partial charge in [0.05, 0.1) is 17.4 Å². The van der Waals surface area contributed by atoms with E-state index in [0.717, 1.165) is 56.3 Å². The van der Waals surface area contributed by atoms with Gasteiger partial charge in [-0.15, -0.1) is 0 Å². The highest BCUT2D eigenvalue weighted by atomic mass is 32.1. The lowest BCUT2D eigenvalue weighted by Crippen LogP contribution is -2.51. The van der Waals surface area contributed by atoms with Crippen molar-refractivity contribution in [3.63, 3.8) is 0 Å². The molecule has 2 aliphatic rings. The van der Waals surface area contributed by atoms with Crippen molar-refractivity contribution in [3.05, 3.63) is 42.1 Å². The number of para-hydroxylation sites is 1. The van der Waals surface area contributed by atoms with Crippen molar-refractivity contribution in [1.29, 1.82) is 0 Å². The molecule has 1 amide bonds. The van der Waals surface area contributed by atoms with E-state index in [1.54, 1.807) is 0 Å². The van der Waals surface area contributed by atoms with E-state index in [-0.39, 0.29) is 11.9 Å². The van der Waals surface area contributed by atoms with Crippen LogP contribution in [0.2, 0.25) is 0 Å². The smallest absolute Gasteiger partial charge is 0.237 e. The second-order valence-corrected chi connectivity index (χ2v) is 8.23. The molecule has 0 saturated carbocycles. The van der Waals surface area contributed by atoms with Crippen LogP contribution in [0.5, 0.6) is 0 Å². The van der Waals surface area contributed by atoms with Gasteiger partial charge in [-0.1, -0.05) is 18.2 Å². The summed E-state index contributed by atoms with van der Waals surface area (Å²) in [6.07, 6.45) is 0.874. The third-order valence-corrected chi connectivity index (χ3v) is 6.03. The standard InChI is InChI=1S/C21H30N6OS/c1-16-13-20(27(24-16)17-5-3-2-4-6-17)26-10-8-25(9-11-26)18-14-19(23-15-18)21(28)22-7-12-29/h2-6,13,18-19,23,29H,7-12,14-15H2,1H3,(H,22,28)/t18-,19-/m0/s1. The maximum Gasteiger partial charge on any atom is 0.237 e. The van der Waals surface area contributed by atoms with E-state index in [0.29, 0.717) is 18.3 Å². The van der Waals surface area contributed by atoms with Gasteiger partial charge in [-0.3, -0.25) is 9.69 Å². The Morgan fingerprint density at radius 1 is 1.24 bits per heavy atom. The topological polar surface area (TPSA) is 65.4 Å². The number of aromatic nitrogens is 2. The molecule has 7 nitrogen and oxygen atoms in total. The molecule has 1 aromatic carbocycles. The Balaban J connectivity index is 1.36. The van der Waals surface area contributed by atoms with Crippen molar-refractivity contribution in [2.24, 2.45) is 0 Å². The molecule has 0 bridgehead atoms. The summed E-state index contributed by atoms with van der Waals surface area (Å²) in [5, 5.41) is 11.0. The predicted octanol–water partition coefficient (Wildman–Crippen LogP) is 1.08. The number of aryl methyl sites for hydroxylation is 1. The Hall–Kier alpha value is -2.03. The molecule has 156 valence electrons. The Bertz CT molecular complexity index is 818. The molecular formula is C21H30N6OS. The van der Waals surface area contributed by atoms with Crippen LogP contribution in [0.4, 0.5) is 5.82 Å². The molecule has 3 heterocycles. The van der Waals surface area contributed by atoms with Crippen LogP contribution in [-0.2, 0) is 4.79 Å². The van der Waals surface area contributed by atoms with Crippen LogP contribution in [0, 0.1) is 6.92 Å². The first kappa shape index (κ1) is 20.3. The van der Waals surface area contributed by atoms with Crippen LogP contribution in [0.25, 0.3) is 5.69 Å². The van der Waals surface area contributed by atoms with Crippen LogP contribution in [-0.4, -0.2) is 77.7 Å². The van der Waals surface area contributed by atoms with Gasteiger partial charge >= 0.3 is 0 Å². The minimum atomic E-state index is -0.0833. The van der Waals surface area contributed by atoms with Crippen LogP contribution in [0.1, 0.15) is 12.1 Å². The van der Waals surface area contributed by atoms with E-state index in [1.807, 2.05) is 29.8 Å². The molecule has 0 spiro atoms. The largest absolute Gasteiger partial charge is 0.354 e. The number of anilines is 1. The van der Waals surface area contributed by atoms with E-state index >= 15 is 0 Å². The highest BCUT2D eigenvalue weighted by molar-refractivity contribution is 7.80. The van der Waals surface area contributed by atoms with Crippen LogP contribution < -0.4 is 15.5 Å². The molecule has 2 aliphatic heterocycles. The average molecular weight is 415 g/mol. The fourth-order valence-electron chi connectivity index (χ4n) is 4.28. The highest BCUT2D eigenvalue weighted by Gasteiger charge is 2.34. The molecule has 29 heavy (non-hydrogen) atoms. The fraction of sp³-hybridized carbons (Fsp3) is 0.524.